The fourth-order valence-electron chi connectivity index (χ4n) is 1.76. The van der Waals surface area contributed by atoms with Gasteiger partial charge in [-0.15, -0.1) is 0 Å². The smallest absolute Gasteiger partial charge is 0.0758 e. The van der Waals surface area contributed by atoms with E-state index in [1.807, 2.05) is 17.9 Å². The molecule has 2 aromatic rings. The van der Waals surface area contributed by atoms with Crippen LogP contribution >= 0.6 is 0 Å². The lowest BCUT2D eigenvalue weighted by molar-refractivity contribution is 0.740. The molecular weight excluding hydrogens is 210 g/mol. The van der Waals surface area contributed by atoms with Gasteiger partial charge in [-0.3, -0.25) is 4.68 Å². The molecule has 1 aromatic heterocycles. The van der Waals surface area contributed by atoms with Crippen molar-refractivity contribution in [1.82, 2.24) is 9.78 Å². The van der Waals surface area contributed by atoms with Crippen molar-refractivity contribution in [2.75, 3.05) is 5.32 Å². The number of hydrogen-bond donors (Lipinski definition) is 1. The quantitative estimate of drug-likeness (QED) is 0.873. The Bertz CT molecular complexity index is 483. The van der Waals surface area contributed by atoms with E-state index in [-0.39, 0.29) is 0 Å². The number of anilines is 1. The molecule has 1 aromatic carbocycles. The van der Waals surface area contributed by atoms with E-state index < -0.39 is 0 Å². The van der Waals surface area contributed by atoms with E-state index in [0.717, 1.165) is 24.3 Å². The first-order valence-corrected chi connectivity index (χ1v) is 6.01. The summed E-state index contributed by atoms with van der Waals surface area (Å²) >= 11 is 0. The van der Waals surface area contributed by atoms with Crippen molar-refractivity contribution in [3.05, 3.63) is 47.3 Å². The zero-order chi connectivity index (χ0) is 12.3. The van der Waals surface area contributed by atoms with Gasteiger partial charge in [-0.25, -0.2) is 0 Å². The third-order valence-corrected chi connectivity index (χ3v) is 3.15. The molecule has 90 valence electrons. The topological polar surface area (TPSA) is 29.9 Å². The molecule has 0 aliphatic carbocycles. The molecule has 0 aliphatic rings. The highest BCUT2D eigenvalue weighted by Crippen LogP contribution is 2.14. The zero-order valence-electron chi connectivity index (χ0n) is 10.7. The van der Waals surface area contributed by atoms with Gasteiger partial charge < -0.3 is 5.32 Å². The fourth-order valence-corrected chi connectivity index (χ4v) is 1.76. The molecule has 0 saturated carbocycles. The van der Waals surface area contributed by atoms with Gasteiger partial charge in [0.15, 0.2) is 0 Å². The number of rotatable bonds is 4. The van der Waals surface area contributed by atoms with Crippen LogP contribution in [0.5, 0.6) is 0 Å². The van der Waals surface area contributed by atoms with E-state index >= 15 is 0 Å². The second-order valence-corrected chi connectivity index (χ2v) is 4.29. The Morgan fingerprint density at radius 2 is 1.82 bits per heavy atom. The molecule has 0 spiro atoms. The van der Waals surface area contributed by atoms with Crippen LogP contribution in [0.2, 0.25) is 0 Å². The number of aryl methyl sites for hydroxylation is 2. The van der Waals surface area contributed by atoms with Crippen LogP contribution in [0.15, 0.2) is 30.5 Å². The number of nitrogens with one attached hydrogen (secondary N) is 1. The lowest BCUT2D eigenvalue weighted by atomic mass is 10.1. The number of aromatic nitrogens is 2. The average molecular weight is 229 g/mol. The van der Waals surface area contributed by atoms with Crippen LogP contribution in [0.3, 0.4) is 0 Å². The molecule has 2 rings (SSSR count). The molecule has 0 amide bonds. The van der Waals surface area contributed by atoms with Gasteiger partial charge in [0.1, 0.15) is 0 Å². The Morgan fingerprint density at radius 3 is 2.35 bits per heavy atom. The molecule has 0 bridgehead atoms. The lowest BCUT2D eigenvalue weighted by Gasteiger charge is -2.06. The van der Waals surface area contributed by atoms with Crippen molar-refractivity contribution >= 4 is 5.69 Å². The van der Waals surface area contributed by atoms with Gasteiger partial charge in [0.25, 0.3) is 0 Å². The van der Waals surface area contributed by atoms with E-state index in [1.54, 1.807) is 0 Å². The largest absolute Gasteiger partial charge is 0.378 e. The Balaban J connectivity index is 2.00. The Hall–Kier alpha value is -1.77. The van der Waals surface area contributed by atoms with Crippen molar-refractivity contribution in [3.8, 4) is 0 Å². The van der Waals surface area contributed by atoms with Crippen LogP contribution in [-0.4, -0.2) is 9.78 Å². The molecular formula is C14H19N3. The van der Waals surface area contributed by atoms with Crippen molar-refractivity contribution in [2.24, 2.45) is 7.05 Å². The maximum absolute atomic E-state index is 4.21. The first-order chi connectivity index (χ1) is 8.20. The summed E-state index contributed by atoms with van der Waals surface area (Å²) < 4.78 is 1.88. The van der Waals surface area contributed by atoms with Crippen LogP contribution < -0.4 is 5.32 Å². The van der Waals surface area contributed by atoms with Gasteiger partial charge in [0.2, 0.25) is 0 Å². The van der Waals surface area contributed by atoms with Crippen molar-refractivity contribution in [1.29, 1.82) is 0 Å². The summed E-state index contributed by atoms with van der Waals surface area (Å²) in [7, 11) is 1.95. The standard InChI is InChI=1S/C14H19N3/c1-4-12-5-7-13(8-6-12)9-15-14-10-16-17(3)11(14)2/h5-8,10,15H,4,9H2,1-3H3. The molecule has 17 heavy (non-hydrogen) atoms. The van der Waals surface area contributed by atoms with E-state index in [4.69, 9.17) is 0 Å². The summed E-state index contributed by atoms with van der Waals surface area (Å²) in [5.74, 6) is 0. The summed E-state index contributed by atoms with van der Waals surface area (Å²) in [4.78, 5) is 0. The van der Waals surface area contributed by atoms with Gasteiger partial charge in [-0.1, -0.05) is 31.2 Å². The van der Waals surface area contributed by atoms with Crippen LogP contribution in [0.4, 0.5) is 5.69 Å². The highest BCUT2D eigenvalue weighted by Gasteiger charge is 2.02. The highest BCUT2D eigenvalue weighted by atomic mass is 15.3. The fraction of sp³-hybridized carbons (Fsp3) is 0.357. The average Bonchev–Trinajstić information content (AvgIpc) is 2.68. The molecule has 3 heteroatoms. The van der Waals surface area contributed by atoms with E-state index in [1.165, 1.54) is 11.1 Å². The van der Waals surface area contributed by atoms with Gasteiger partial charge in [-0.2, -0.15) is 5.10 Å². The minimum atomic E-state index is 0.844. The summed E-state index contributed by atoms with van der Waals surface area (Å²) in [6.07, 6.45) is 2.96. The van der Waals surface area contributed by atoms with Gasteiger partial charge in [0.05, 0.1) is 17.6 Å². The van der Waals surface area contributed by atoms with Gasteiger partial charge in [0, 0.05) is 13.6 Å². The SMILES string of the molecule is CCc1ccc(CNc2cnn(C)c2C)cc1. The monoisotopic (exact) mass is 229 g/mol. The van der Waals surface area contributed by atoms with E-state index in [2.05, 4.69) is 48.5 Å². The molecule has 0 saturated heterocycles. The number of nitrogens with zero attached hydrogens (tertiary/aromatic N) is 2. The molecule has 0 fully saturated rings. The maximum Gasteiger partial charge on any atom is 0.0758 e. The van der Waals surface area contributed by atoms with Crippen LogP contribution in [0.25, 0.3) is 0 Å². The van der Waals surface area contributed by atoms with Crippen LogP contribution in [-0.2, 0) is 20.0 Å². The summed E-state index contributed by atoms with van der Waals surface area (Å²) in [5.41, 5.74) is 4.94. The zero-order valence-corrected chi connectivity index (χ0v) is 10.7. The van der Waals surface area contributed by atoms with Crippen molar-refractivity contribution < 1.29 is 0 Å². The van der Waals surface area contributed by atoms with Crippen LogP contribution in [0, 0.1) is 6.92 Å². The van der Waals surface area contributed by atoms with Crippen molar-refractivity contribution in [3.63, 3.8) is 0 Å². The molecule has 0 aliphatic heterocycles. The molecule has 1 N–H and O–H groups in total. The van der Waals surface area contributed by atoms with Gasteiger partial charge in [-0.05, 0) is 24.5 Å². The summed E-state index contributed by atoms with van der Waals surface area (Å²) in [6.45, 7) is 5.08. The molecule has 3 nitrogen and oxygen atoms in total. The summed E-state index contributed by atoms with van der Waals surface area (Å²) in [6, 6.07) is 8.73. The first kappa shape index (κ1) is 11.7. The third kappa shape index (κ3) is 2.67. The second-order valence-electron chi connectivity index (χ2n) is 4.29. The minimum Gasteiger partial charge on any atom is -0.378 e. The maximum atomic E-state index is 4.21. The number of benzene rings is 1. The second kappa shape index (κ2) is 5.04. The minimum absolute atomic E-state index is 0.844. The third-order valence-electron chi connectivity index (χ3n) is 3.15. The van der Waals surface area contributed by atoms with Crippen molar-refractivity contribution in [2.45, 2.75) is 26.8 Å². The molecule has 0 atom stereocenters. The molecule has 1 heterocycles. The predicted octanol–water partition coefficient (Wildman–Crippen LogP) is 2.90. The van der Waals surface area contributed by atoms with E-state index in [9.17, 15) is 0 Å². The Labute approximate surface area is 102 Å². The molecule has 0 radical (unpaired) electrons. The highest BCUT2D eigenvalue weighted by molar-refractivity contribution is 5.46. The van der Waals surface area contributed by atoms with Gasteiger partial charge >= 0.3 is 0 Å². The van der Waals surface area contributed by atoms with Crippen LogP contribution in [0.1, 0.15) is 23.7 Å². The number of hydrogen-bond acceptors (Lipinski definition) is 2. The summed E-state index contributed by atoms with van der Waals surface area (Å²) in [5, 5.41) is 7.61. The lowest BCUT2D eigenvalue weighted by Crippen LogP contribution is -2.01. The Kier molecular flexibility index (Phi) is 3.47. The Morgan fingerprint density at radius 1 is 1.18 bits per heavy atom. The predicted molar refractivity (Wildman–Crippen MR) is 71.1 cm³/mol. The van der Waals surface area contributed by atoms with E-state index in [0.29, 0.717) is 0 Å². The molecule has 0 unspecified atom stereocenters. The normalized spacial score (nSPS) is 10.5. The first-order valence-electron chi connectivity index (χ1n) is 6.01.